The smallest absolute Gasteiger partial charge is 0.357 e. The number of aromatic nitrogens is 4. The van der Waals surface area contributed by atoms with Crippen LogP contribution in [0.25, 0.3) is 10.6 Å². The van der Waals surface area contributed by atoms with E-state index in [2.05, 4.69) is 15.1 Å². The van der Waals surface area contributed by atoms with Gasteiger partial charge in [0.25, 0.3) is 0 Å². The maximum atomic E-state index is 12.7. The minimum atomic E-state index is -0.415. The minimum Gasteiger partial charge on any atom is -0.461 e. The van der Waals surface area contributed by atoms with Gasteiger partial charge in [0.05, 0.1) is 18.3 Å². The lowest BCUT2D eigenvalue weighted by Crippen LogP contribution is -2.20. The summed E-state index contributed by atoms with van der Waals surface area (Å²) >= 11 is 1.40. The van der Waals surface area contributed by atoms with E-state index in [1.807, 2.05) is 16.8 Å². The van der Waals surface area contributed by atoms with E-state index in [0.717, 1.165) is 48.4 Å². The van der Waals surface area contributed by atoms with Crippen molar-refractivity contribution >= 4 is 28.8 Å². The fraction of sp³-hybridized carbons (Fsp3) is 0.458. The fourth-order valence-corrected chi connectivity index (χ4v) is 4.71. The summed E-state index contributed by atoms with van der Waals surface area (Å²) in [5.41, 5.74) is 9.03. The van der Waals surface area contributed by atoms with E-state index in [9.17, 15) is 9.59 Å². The van der Waals surface area contributed by atoms with Crippen molar-refractivity contribution in [3.8, 4) is 10.6 Å². The van der Waals surface area contributed by atoms with Crippen molar-refractivity contribution in [3.63, 3.8) is 0 Å². The summed E-state index contributed by atoms with van der Waals surface area (Å²) in [6, 6.07) is 4.09. The Morgan fingerprint density at radius 3 is 2.91 bits per heavy atom. The zero-order valence-electron chi connectivity index (χ0n) is 19.2. The molecule has 1 aliphatic rings. The SMILES string of the molecule is CCOC(=O)c1csc(-c2ccnc(CCCCC(=O)c3nn(C4CCOCC4)cc3N)c2)n1. The van der Waals surface area contributed by atoms with Gasteiger partial charge in [-0.25, -0.2) is 9.78 Å². The van der Waals surface area contributed by atoms with E-state index in [0.29, 0.717) is 43.3 Å². The molecule has 0 spiro atoms. The van der Waals surface area contributed by atoms with Gasteiger partial charge in [0.2, 0.25) is 0 Å². The highest BCUT2D eigenvalue weighted by Crippen LogP contribution is 2.26. The number of rotatable bonds is 10. The van der Waals surface area contributed by atoms with Crippen LogP contribution in [0.4, 0.5) is 5.69 Å². The van der Waals surface area contributed by atoms with Gasteiger partial charge >= 0.3 is 5.97 Å². The third-order valence-corrected chi connectivity index (χ3v) is 6.62. The lowest BCUT2D eigenvalue weighted by Gasteiger charge is -2.22. The van der Waals surface area contributed by atoms with E-state index in [-0.39, 0.29) is 11.8 Å². The topological polar surface area (TPSA) is 122 Å². The zero-order valence-corrected chi connectivity index (χ0v) is 20.1. The number of esters is 1. The molecule has 0 bridgehead atoms. The maximum absolute atomic E-state index is 12.7. The minimum absolute atomic E-state index is 0.0284. The number of Topliss-reactive ketones (excluding diaryl/α,β-unsaturated/α-hetero) is 1. The highest BCUT2D eigenvalue weighted by molar-refractivity contribution is 7.13. The number of carbonyl (C=O) groups excluding carboxylic acids is 2. The summed E-state index contributed by atoms with van der Waals surface area (Å²) in [6.45, 7) is 3.50. The van der Waals surface area contributed by atoms with Crippen molar-refractivity contribution < 1.29 is 19.1 Å². The zero-order chi connectivity index (χ0) is 23.9. The number of aryl methyl sites for hydroxylation is 1. The van der Waals surface area contributed by atoms with Crippen LogP contribution in [0.3, 0.4) is 0 Å². The van der Waals surface area contributed by atoms with Crippen molar-refractivity contribution in [1.29, 1.82) is 0 Å². The number of nitrogens with two attached hydrogens (primary N) is 1. The Bertz CT molecular complexity index is 1140. The first kappa shape index (κ1) is 24.0. The standard InChI is InChI=1S/C24H29N5O4S/c1-2-33-24(31)20-15-34-23(27-20)16-7-10-26-17(13-16)5-3-4-6-21(30)22-19(25)14-29(28-22)18-8-11-32-12-9-18/h7,10,13-15,18H,2-6,8-9,11-12,25H2,1H3. The summed E-state index contributed by atoms with van der Waals surface area (Å²) < 4.78 is 12.2. The van der Waals surface area contributed by atoms with Gasteiger partial charge < -0.3 is 15.2 Å². The second kappa shape index (κ2) is 11.3. The number of unbranched alkanes of at least 4 members (excludes halogenated alkanes) is 1. The van der Waals surface area contributed by atoms with E-state index in [1.54, 1.807) is 24.7 Å². The molecule has 9 nitrogen and oxygen atoms in total. The molecule has 1 fully saturated rings. The number of hydrogen-bond donors (Lipinski definition) is 1. The van der Waals surface area contributed by atoms with Gasteiger partial charge in [-0.2, -0.15) is 5.10 Å². The molecule has 0 radical (unpaired) electrons. The molecule has 0 amide bonds. The molecule has 0 aliphatic carbocycles. The van der Waals surface area contributed by atoms with Gasteiger partial charge in [0.1, 0.15) is 5.01 Å². The van der Waals surface area contributed by atoms with Crippen molar-refractivity contribution in [2.24, 2.45) is 0 Å². The monoisotopic (exact) mass is 483 g/mol. The average Bonchev–Trinajstić information content (AvgIpc) is 3.50. The Morgan fingerprint density at radius 2 is 2.12 bits per heavy atom. The maximum Gasteiger partial charge on any atom is 0.357 e. The molecule has 4 heterocycles. The van der Waals surface area contributed by atoms with Gasteiger partial charge in [-0.1, -0.05) is 0 Å². The van der Waals surface area contributed by atoms with Gasteiger partial charge in [0, 0.05) is 48.7 Å². The molecule has 0 unspecified atom stereocenters. The first-order chi connectivity index (χ1) is 16.5. The summed E-state index contributed by atoms with van der Waals surface area (Å²) in [5.74, 6) is -0.443. The Hall–Kier alpha value is -3.11. The van der Waals surface area contributed by atoms with Crippen LogP contribution in [0.1, 0.15) is 71.7 Å². The van der Waals surface area contributed by atoms with Crippen LogP contribution in [0.2, 0.25) is 0 Å². The van der Waals surface area contributed by atoms with Crippen molar-refractivity contribution in [3.05, 3.63) is 47.0 Å². The molecular formula is C24H29N5O4S. The average molecular weight is 484 g/mol. The summed E-state index contributed by atoms with van der Waals surface area (Å²) in [5, 5.41) is 6.93. The second-order valence-electron chi connectivity index (χ2n) is 8.18. The molecule has 3 aromatic heterocycles. The number of anilines is 1. The Labute approximate surface area is 202 Å². The Kier molecular flexibility index (Phi) is 8.02. The van der Waals surface area contributed by atoms with Crippen molar-refractivity contribution in [2.45, 2.75) is 51.5 Å². The molecule has 34 heavy (non-hydrogen) atoms. The molecule has 0 atom stereocenters. The summed E-state index contributed by atoms with van der Waals surface area (Å²) in [7, 11) is 0. The molecule has 3 aromatic rings. The number of ether oxygens (including phenoxy) is 2. The van der Waals surface area contributed by atoms with Gasteiger partial charge in [0.15, 0.2) is 17.2 Å². The predicted octanol–water partition coefficient (Wildman–Crippen LogP) is 4.11. The second-order valence-corrected chi connectivity index (χ2v) is 9.04. The lowest BCUT2D eigenvalue weighted by molar-refractivity contribution is 0.0520. The molecule has 2 N–H and O–H groups in total. The van der Waals surface area contributed by atoms with Crippen LogP contribution in [-0.4, -0.2) is 51.3 Å². The predicted molar refractivity (Wildman–Crippen MR) is 129 cm³/mol. The number of nitrogen functional groups attached to an aromatic ring is 1. The largest absolute Gasteiger partial charge is 0.461 e. The van der Waals surface area contributed by atoms with Crippen molar-refractivity contribution in [1.82, 2.24) is 19.7 Å². The van der Waals surface area contributed by atoms with E-state index >= 15 is 0 Å². The van der Waals surface area contributed by atoms with E-state index < -0.39 is 5.97 Å². The summed E-state index contributed by atoms with van der Waals surface area (Å²) in [4.78, 5) is 33.3. The van der Waals surface area contributed by atoms with Crippen LogP contribution in [0.15, 0.2) is 29.9 Å². The van der Waals surface area contributed by atoms with Crippen LogP contribution in [0, 0.1) is 0 Å². The Balaban J connectivity index is 1.28. The molecular weight excluding hydrogens is 454 g/mol. The number of carbonyl (C=O) groups is 2. The number of hydrogen-bond acceptors (Lipinski definition) is 9. The van der Waals surface area contributed by atoms with Gasteiger partial charge in [-0.05, 0) is 51.2 Å². The molecule has 0 aromatic carbocycles. The molecule has 10 heteroatoms. The highest BCUT2D eigenvalue weighted by atomic mass is 32.1. The molecule has 0 saturated carbocycles. The van der Waals surface area contributed by atoms with Crippen molar-refractivity contribution in [2.75, 3.05) is 25.6 Å². The van der Waals surface area contributed by atoms with Crippen LogP contribution in [0.5, 0.6) is 0 Å². The third kappa shape index (κ3) is 5.87. The molecule has 4 rings (SSSR count). The first-order valence-corrected chi connectivity index (χ1v) is 12.5. The number of ketones is 1. The van der Waals surface area contributed by atoms with Gasteiger partial charge in [-0.15, -0.1) is 11.3 Å². The molecule has 1 aliphatic heterocycles. The van der Waals surface area contributed by atoms with E-state index in [4.69, 9.17) is 15.2 Å². The van der Waals surface area contributed by atoms with Crippen LogP contribution >= 0.6 is 11.3 Å². The first-order valence-electron chi connectivity index (χ1n) is 11.6. The Morgan fingerprint density at radius 1 is 1.29 bits per heavy atom. The van der Waals surface area contributed by atoms with Crippen LogP contribution in [-0.2, 0) is 15.9 Å². The normalized spacial score (nSPS) is 14.3. The lowest BCUT2D eigenvalue weighted by atomic mass is 10.1. The van der Waals surface area contributed by atoms with Crippen LogP contribution < -0.4 is 5.73 Å². The third-order valence-electron chi connectivity index (χ3n) is 5.73. The van der Waals surface area contributed by atoms with E-state index in [1.165, 1.54) is 11.3 Å². The number of thiazole rings is 1. The molecule has 1 saturated heterocycles. The number of pyridine rings is 1. The fourth-order valence-electron chi connectivity index (χ4n) is 3.92. The quantitative estimate of drug-likeness (QED) is 0.260. The highest BCUT2D eigenvalue weighted by Gasteiger charge is 2.21. The molecule has 180 valence electrons. The number of nitrogens with zero attached hydrogens (tertiary/aromatic N) is 4. The summed E-state index contributed by atoms with van der Waals surface area (Å²) in [6.07, 6.45) is 7.94. The van der Waals surface area contributed by atoms with Gasteiger partial charge in [-0.3, -0.25) is 14.5 Å².